The normalized spacial score (nSPS) is 22.5. The number of hydrogen-bond acceptors (Lipinski definition) is 3. The lowest BCUT2D eigenvalue weighted by molar-refractivity contribution is -0.150. The smallest absolute Gasteiger partial charge is 0.321 e. The van der Waals surface area contributed by atoms with Crippen molar-refractivity contribution in [2.24, 2.45) is 0 Å². The lowest BCUT2D eigenvalue weighted by Gasteiger charge is -2.39. The number of esters is 1. The molecule has 0 amide bonds. The van der Waals surface area contributed by atoms with Crippen LogP contribution in [-0.4, -0.2) is 23.7 Å². The van der Waals surface area contributed by atoms with Gasteiger partial charge in [0.15, 0.2) is 0 Å². The van der Waals surface area contributed by atoms with Gasteiger partial charge in [-0.05, 0) is 36.5 Å². The molecule has 0 fully saturated rings. The van der Waals surface area contributed by atoms with Crippen LogP contribution in [0.3, 0.4) is 0 Å². The molecule has 0 saturated carbocycles. The van der Waals surface area contributed by atoms with E-state index in [1.807, 2.05) is 54.6 Å². The summed E-state index contributed by atoms with van der Waals surface area (Å²) in [6.07, 6.45) is 0.823. The number of rotatable bonds is 4. The quantitative estimate of drug-likeness (QED) is 0.874. The zero-order valence-corrected chi connectivity index (χ0v) is 13.6. The van der Waals surface area contributed by atoms with Crippen LogP contribution in [-0.2, 0) is 19.7 Å². The van der Waals surface area contributed by atoms with Crippen LogP contribution < -0.4 is 0 Å². The van der Waals surface area contributed by atoms with Gasteiger partial charge in [-0.15, -0.1) is 0 Å². The highest BCUT2D eigenvalue weighted by Gasteiger charge is 2.49. The maximum Gasteiger partial charge on any atom is 0.321 e. The maximum atomic E-state index is 13.0. The molecule has 4 heteroatoms. The summed E-state index contributed by atoms with van der Waals surface area (Å²) < 4.78 is 5.41. The maximum absolute atomic E-state index is 13.0. The molecule has 2 atom stereocenters. The number of fused-ring (bicyclic) bond motifs is 1. The predicted octanol–water partition coefficient (Wildman–Crippen LogP) is 3.50. The first kappa shape index (κ1) is 16.2. The molecule has 0 spiro atoms. The molecule has 4 nitrogen and oxygen atoms in total. The molecule has 3 rings (SSSR count). The van der Waals surface area contributed by atoms with Gasteiger partial charge in [0.05, 0.1) is 12.5 Å². The zero-order valence-electron chi connectivity index (χ0n) is 13.6. The fourth-order valence-corrected chi connectivity index (χ4v) is 3.70. The van der Waals surface area contributed by atoms with Crippen molar-refractivity contribution in [1.29, 1.82) is 0 Å². The number of carbonyl (C=O) groups excluding carboxylic acids is 1. The summed E-state index contributed by atoms with van der Waals surface area (Å²) >= 11 is 0. The highest BCUT2D eigenvalue weighted by molar-refractivity contribution is 5.90. The van der Waals surface area contributed by atoms with Crippen LogP contribution >= 0.6 is 0 Å². The van der Waals surface area contributed by atoms with Crippen molar-refractivity contribution in [3.05, 3.63) is 71.3 Å². The summed E-state index contributed by atoms with van der Waals surface area (Å²) in [4.78, 5) is 24.6. The SMILES string of the molecule is CCOC(=O)C1(c2ccccc2)CCC(C(=O)O)c2ccccc21. The number of ether oxygens (including phenoxy) is 1. The standard InChI is InChI=1S/C20H20O4/c1-2-24-19(23)20(14-8-4-3-5-9-14)13-12-16(18(21)22)15-10-6-7-11-17(15)20/h3-11,16H,2,12-13H2,1H3,(H,21,22). The van der Waals surface area contributed by atoms with Crippen LogP contribution in [0.1, 0.15) is 42.4 Å². The van der Waals surface area contributed by atoms with E-state index in [9.17, 15) is 14.7 Å². The highest BCUT2D eigenvalue weighted by Crippen LogP contribution is 2.47. The second-order valence-corrected chi connectivity index (χ2v) is 6.01. The van der Waals surface area contributed by atoms with Crippen LogP contribution in [0.15, 0.2) is 54.6 Å². The van der Waals surface area contributed by atoms with E-state index in [2.05, 4.69) is 0 Å². The summed E-state index contributed by atoms with van der Waals surface area (Å²) in [5.74, 6) is -1.76. The van der Waals surface area contributed by atoms with E-state index in [0.29, 0.717) is 18.4 Å². The molecular formula is C20H20O4. The lowest BCUT2D eigenvalue weighted by Crippen LogP contribution is -2.43. The van der Waals surface area contributed by atoms with Gasteiger partial charge in [-0.3, -0.25) is 9.59 Å². The van der Waals surface area contributed by atoms with E-state index in [4.69, 9.17) is 4.74 Å². The van der Waals surface area contributed by atoms with Gasteiger partial charge in [-0.2, -0.15) is 0 Å². The van der Waals surface area contributed by atoms with Crippen molar-refractivity contribution in [3.63, 3.8) is 0 Å². The summed E-state index contributed by atoms with van der Waals surface area (Å²) in [7, 11) is 0. The predicted molar refractivity (Wildman–Crippen MR) is 89.9 cm³/mol. The van der Waals surface area contributed by atoms with Crippen LogP contribution in [0.4, 0.5) is 0 Å². The van der Waals surface area contributed by atoms with Gasteiger partial charge in [0.2, 0.25) is 0 Å². The van der Waals surface area contributed by atoms with Crippen molar-refractivity contribution in [1.82, 2.24) is 0 Å². The summed E-state index contributed by atoms with van der Waals surface area (Å²) in [5.41, 5.74) is 1.35. The molecule has 1 aliphatic rings. The van der Waals surface area contributed by atoms with Gasteiger partial charge >= 0.3 is 11.9 Å². The second-order valence-electron chi connectivity index (χ2n) is 6.01. The Bertz CT molecular complexity index is 753. The van der Waals surface area contributed by atoms with Gasteiger partial charge in [-0.1, -0.05) is 54.6 Å². The molecule has 1 aliphatic carbocycles. The molecule has 0 heterocycles. The third-order valence-corrected chi connectivity index (χ3v) is 4.79. The zero-order chi connectivity index (χ0) is 17.2. The van der Waals surface area contributed by atoms with Crippen molar-refractivity contribution < 1.29 is 19.4 Å². The molecule has 0 radical (unpaired) electrons. The Morgan fingerprint density at radius 2 is 1.79 bits per heavy atom. The van der Waals surface area contributed by atoms with Gasteiger partial charge in [0.25, 0.3) is 0 Å². The minimum Gasteiger partial charge on any atom is -0.481 e. The molecule has 1 N–H and O–H groups in total. The van der Waals surface area contributed by atoms with Crippen molar-refractivity contribution in [2.75, 3.05) is 6.61 Å². The minimum atomic E-state index is -0.945. The van der Waals surface area contributed by atoms with Gasteiger partial charge in [0.1, 0.15) is 5.41 Å². The Labute approximate surface area is 141 Å². The summed E-state index contributed by atoms with van der Waals surface area (Å²) in [6.45, 7) is 2.07. The van der Waals surface area contributed by atoms with Crippen molar-refractivity contribution >= 4 is 11.9 Å². The molecule has 0 saturated heterocycles. The average molecular weight is 324 g/mol. The van der Waals surface area contributed by atoms with E-state index >= 15 is 0 Å². The first-order chi connectivity index (χ1) is 11.6. The van der Waals surface area contributed by atoms with Gasteiger partial charge < -0.3 is 9.84 Å². The number of aliphatic carboxylic acids is 1. The van der Waals surface area contributed by atoms with E-state index in [0.717, 1.165) is 11.1 Å². The van der Waals surface area contributed by atoms with Crippen LogP contribution in [0, 0.1) is 0 Å². The molecule has 24 heavy (non-hydrogen) atoms. The topological polar surface area (TPSA) is 63.6 Å². The number of carboxylic acid groups (broad SMARTS) is 1. The lowest BCUT2D eigenvalue weighted by atomic mass is 9.63. The molecule has 2 aromatic rings. The average Bonchev–Trinajstić information content (AvgIpc) is 2.61. The van der Waals surface area contributed by atoms with E-state index < -0.39 is 17.3 Å². The fraction of sp³-hybridized carbons (Fsp3) is 0.300. The molecular weight excluding hydrogens is 304 g/mol. The Kier molecular flexibility index (Phi) is 4.38. The monoisotopic (exact) mass is 324 g/mol. The Morgan fingerprint density at radius 3 is 2.46 bits per heavy atom. The molecule has 2 aromatic carbocycles. The second kappa shape index (κ2) is 6.48. The highest BCUT2D eigenvalue weighted by atomic mass is 16.5. The molecule has 0 bridgehead atoms. The Morgan fingerprint density at radius 1 is 1.12 bits per heavy atom. The summed E-state index contributed by atoms with van der Waals surface area (Å²) in [6, 6.07) is 16.8. The molecule has 0 aliphatic heterocycles. The van der Waals surface area contributed by atoms with Crippen LogP contribution in [0.2, 0.25) is 0 Å². The summed E-state index contributed by atoms with van der Waals surface area (Å²) in [5, 5.41) is 9.55. The van der Waals surface area contributed by atoms with E-state index in [1.54, 1.807) is 6.92 Å². The number of hydrogen-bond donors (Lipinski definition) is 1. The number of carbonyl (C=O) groups is 2. The largest absolute Gasteiger partial charge is 0.481 e. The molecule has 2 unspecified atom stereocenters. The number of carboxylic acids is 1. The minimum absolute atomic E-state index is 0.290. The third kappa shape index (κ3) is 2.48. The first-order valence-corrected chi connectivity index (χ1v) is 8.16. The van der Waals surface area contributed by atoms with Crippen LogP contribution in [0.25, 0.3) is 0 Å². The van der Waals surface area contributed by atoms with Gasteiger partial charge in [0, 0.05) is 0 Å². The Hall–Kier alpha value is -2.62. The van der Waals surface area contributed by atoms with Crippen LogP contribution in [0.5, 0.6) is 0 Å². The number of benzene rings is 2. The fourth-order valence-electron chi connectivity index (χ4n) is 3.70. The third-order valence-electron chi connectivity index (χ3n) is 4.79. The molecule has 124 valence electrons. The van der Waals surface area contributed by atoms with Gasteiger partial charge in [-0.25, -0.2) is 0 Å². The first-order valence-electron chi connectivity index (χ1n) is 8.16. The Balaban J connectivity index is 2.25. The van der Waals surface area contributed by atoms with E-state index in [-0.39, 0.29) is 12.6 Å². The van der Waals surface area contributed by atoms with Crippen molar-refractivity contribution in [3.8, 4) is 0 Å². The van der Waals surface area contributed by atoms with Crippen molar-refractivity contribution in [2.45, 2.75) is 31.1 Å². The van der Waals surface area contributed by atoms with E-state index in [1.165, 1.54) is 0 Å². The molecule has 0 aromatic heterocycles.